The molecule has 24 heavy (non-hydrogen) atoms. The van der Waals surface area contributed by atoms with E-state index in [1.807, 2.05) is 0 Å². The van der Waals surface area contributed by atoms with E-state index in [1.165, 1.54) is 48.8 Å². The van der Waals surface area contributed by atoms with Crippen molar-refractivity contribution < 1.29 is 0 Å². The highest BCUT2D eigenvalue weighted by atomic mass is 28.3. The summed E-state index contributed by atoms with van der Waals surface area (Å²) in [6.45, 7) is 11.8. The Morgan fingerprint density at radius 3 is 2.12 bits per heavy atom. The maximum atomic E-state index is 4.24. The van der Waals surface area contributed by atoms with Gasteiger partial charge in [0.2, 0.25) is 0 Å². The molecule has 0 bridgehead atoms. The molecule has 2 aliphatic rings. The Morgan fingerprint density at radius 1 is 0.958 bits per heavy atom. The van der Waals surface area contributed by atoms with Crippen molar-refractivity contribution in [3.8, 4) is 0 Å². The van der Waals surface area contributed by atoms with Crippen molar-refractivity contribution in [3.63, 3.8) is 0 Å². The highest BCUT2D eigenvalue weighted by molar-refractivity contribution is 6.75. The molecule has 0 spiro atoms. The predicted octanol–water partition coefficient (Wildman–Crippen LogP) is 4.64. The van der Waals surface area contributed by atoms with Crippen LogP contribution in [0.5, 0.6) is 0 Å². The number of nitrogens with one attached hydrogen (secondary N) is 1. The molecule has 1 fully saturated rings. The summed E-state index contributed by atoms with van der Waals surface area (Å²) in [7, 11) is -1.11. The first-order chi connectivity index (χ1) is 11.4. The summed E-state index contributed by atoms with van der Waals surface area (Å²) < 4.78 is 0. The largest absolute Gasteiger partial charge is 0.302 e. The normalized spacial score (nSPS) is 28.0. The molecule has 3 rings (SSSR count). The van der Waals surface area contributed by atoms with Gasteiger partial charge in [-0.15, -0.1) is 0 Å². The minimum Gasteiger partial charge on any atom is -0.302 e. The van der Waals surface area contributed by atoms with E-state index in [1.54, 1.807) is 5.19 Å². The van der Waals surface area contributed by atoms with E-state index in [0.717, 1.165) is 0 Å². The number of hydrogen-bond donors (Lipinski definition) is 1. The Balaban J connectivity index is 1.96. The van der Waals surface area contributed by atoms with E-state index in [4.69, 9.17) is 0 Å². The Hall–Kier alpha value is -1.12. The summed E-state index contributed by atoms with van der Waals surface area (Å²) in [5, 5.41) is 6.18. The quantitative estimate of drug-likeness (QED) is 0.788. The maximum absolute atomic E-state index is 4.24. The smallest absolute Gasteiger partial charge is 0.0901 e. The fourth-order valence-electron chi connectivity index (χ4n) is 4.89. The molecular weight excluding hydrogens is 306 g/mol. The van der Waals surface area contributed by atoms with Gasteiger partial charge in [0.25, 0.3) is 0 Å². The van der Waals surface area contributed by atoms with Crippen LogP contribution in [0.25, 0.3) is 0 Å². The van der Waals surface area contributed by atoms with E-state index < -0.39 is 8.80 Å². The van der Waals surface area contributed by atoms with Crippen molar-refractivity contribution >= 4 is 14.0 Å². The van der Waals surface area contributed by atoms with Crippen molar-refractivity contribution in [2.24, 2.45) is 0 Å². The van der Waals surface area contributed by atoms with Crippen LogP contribution in [0, 0.1) is 0 Å². The van der Waals surface area contributed by atoms with E-state index in [0.29, 0.717) is 5.16 Å². The summed E-state index contributed by atoms with van der Waals surface area (Å²) >= 11 is 0. The molecule has 1 N–H and O–H groups in total. The van der Waals surface area contributed by atoms with Crippen LogP contribution in [-0.4, -0.2) is 19.5 Å². The molecule has 1 saturated carbocycles. The average Bonchev–Trinajstić information content (AvgIpc) is 2.78. The first-order valence-corrected chi connectivity index (χ1v) is 11.9. The van der Waals surface area contributed by atoms with Crippen LogP contribution < -0.4 is 10.5 Å². The van der Waals surface area contributed by atoms with Gasteiger partial charge >= 0.3 is 0 Å². The molecule has 0 saturated heterocycles. The fourth-order valence-corrected chi connectivity index (χ4v) is 8.12. The molecule has 2 aliphatic carbocycles. The Bertz CT molecular complexity index is 652. The molecular formula is C22H33NSi. The molecule has 130 valence electrons. The Labute approximate surface area is 149 Å². The third kappa shape index (κ3) is 3.06. The lowest BCUT2D eigenvalue weighted by molar-refractivity contribution is 0.279. The highest BCUT2D eigenvalue weighted by Gasteiger charge is 2.44. The molecule has 0 aliphatic heterocycles. The number of rotatable bonds is 4. The highest BCUT2D eigenvalue weighted by Crippen LogP contribution is 2.39. The van der Waals surface area contributed by atoms with Gasteiger partial charge < -0.3 is 5.32 Å². The lowest BCUT2D eigenvalue weighted by Gasteiger charge is -2.48. The van der Waals surface area contributed by atoms with Crippen LogP contribution in [-0.2, 0) is 0 Å². The van der Waals surface area contributed by atoms with Crippen molar-refractivity contribution in [2.75, 3.05) is 0 Å². The van der Waals surface area contributed by atoms with Gasteiger partial charge in [0.05, 0.1) is 14.3 Å². The fraction of sp³-hybridized carbons (Fsp3) is 0.545. The van der Waals surface area contributed by atoms with Crippen LogP contribution in [0.2, 0.25) is 6.55 Å². The SMILES string of the molecule is CC1=CC(C)(NC2([SiH](C)c3ccccc3)CCCCC2)C(C)=C1C. The van der Waals surface area contributed by atoms with Crippen LogP contribution in [0.4, 0.5) is 0 Å². The van der Waals surface area contributed by atoms with Crippen molar-refractivity contribution in [1.29, 1.82) is 0 Å². The second-order valence-corrected chi connectivity index (χ2v) is 11.5. The molecule has 2 atom stereocenters. The van der Waals surface area contributed by atoms with Gasteiger partial charge in [-0.1, -0.05) is 73.0 Å². The van der Waals surface area contributed by atoms with Crippen molar-refractivity contribution in [3.05, 3.63) is 53.1 Å². The van der Waals surface area contributed by atoms with Gasteiger partial charge in [-0.05, 0) is 51.7 Å². The average molecular weight is 340 g/mol. The van der Waals surface area contributed by atoms with Crippen LogP contribution in [0.15, 0.2) is 53.1 Å². The molecule has 2 unspecified atom stereocenters. The summed E-state index contributed by atoms with van der Waals surface area (Å²) in [4.78, 5) is 0. The van der Waals surface area contributed by atoms with Crippen LogP contribution >= 0.6 is 0 Å². The predicted molar refractivity (Wildman–Crippen MR) is 109 cm³/mol. The van der Waals surface area contributed by atoms with Crippen LogP contribution in [0.1, 0.15) is 59.8 Å². The number of benzene rings is 1. The van der Waals surface area contributed by atoms with Gasteiger partial charge in [0, 0.05) is 5.16 Å². The lowest BCUT2D eigenvalue weighted by atomic mass is 9.88. The molecule has 2 heteroatoms. The summed E-state index contributed by atoms with van der Waals surface area (Å²) in [6.07, 6.45) is 9.29. The Morgan fingerprint density at radius 2 is 1.58 bits per heavy atom. The maximum Gasteiger partial charge on any atom is 0.0901 e. The van der Waals surface area contributed by atoms with Gasteiger partial charge in [-0.25, -0.2) is 0 Å². The second-order valence-electron chi connectivity index (χ2n) is 8.25. The lowest BCUT2D eigenvalue weighted by Crippen LogP contribution is -2.66. The zero-order valence-electron chi connectivity index (χ0n) is 16.1. The van der Waals surface area contributed by atoms with Crippen molar-refractivity contribution in [2.45, 2.75) is 77.0 Å². The van der Waals surface area contributed by atoms with E-state index in [-0.39, 0.29) is 5.54 Å². The summed E-state index contributed by atoms with van der Waals surface area (Å²) in [6, 6.07) is 11.3. The summed E-state index contributed by atoms with van der Waals surface area (Å²) in [5.41, 5.74) is 4.47. The van der Waals surface area contributed by atoms with E-state index >= 15 is 0 Å². The summed E-state index contributed by atoms with van der Waals surface area (Å²) in [5.74, 6) is 0. The second kappa shape index (κ2) is 6.65. The first-order valence-electron chi connectivity index (χ1n) is 9.60. The zero-order valence-corrected chi connectivity index (χ0v) is 17.2. The van der Waals surface area contributed by atoms with Crippen molar-refractivity contribution in [1.82, 2.24) is 5.32 Å². The van der Waals surface area contributed by atoms with E-state index in [9.17, 15) is 0 Å². The third-order valence-corrected chi connectivity index (χ3v) is 10.6. The standard InChI is InChI=1S/C22H33NSi/c1-17-16-21(4,19(3)18(17)2)23-22(14-10-7-11-15-22)24(5)20-12-8-6-9-13-20/h6,8-9,12-13,16,23-24H,7,10-11,14-15H2,1-5H3. The number of hydrogen-bond acceptors (Lipinski definition) is 1. The van der Waals surface area contributed by atoms with Gasteiger partial charge in [0.15, 0.2) is 0 Å². The van der Waals surface area contributed by atoms with Gasteiger partial charge in [-0.3, -0.25) is 0 Å². The minimum absolute atomic E-state index is 0.0293. The number of allylic oxidation sites excluding steroid dienone is 2. The first kappa shape index (κ1) is 17.7. The Kier molecular flexibility index (Phi) is 4.90. The van der Waals surface area contributed by atoms with Crippen LogP contribution in [0.3, 0.4) is 0 Å². The molecule has 0 aromatic heterocycles. The third-order valence-electron chi connectivity index (χ3n) is 6.82. The van der Waals surface area contributed by atoms with Gasteiger partial charge in [0.1, 0.15) is 0 Å². The molecule has 0 amide bonds. The molecule has 0 radical (unpaired) electrons. The molecule has 1 nitrogen and oxygen atoms in total. The minimum atomic E-state index is -1.11. The topological polar surface area (TPSA) is 12.0 Å². The molecule has 0 heterocycles. The monoisotopic (exact) mass is 339 g/mol. The van der Waals surface area contributed by atoms with E-state index in [2.05, 4.69) is 76.0 Å². The molecule has 1 aromatic rings. The molecule has 1 aromatic carbocycles. The van der Waals surface area contributed by atoms with Gasteiger partial charge in [-0.2, -0.15) is 0 Å². The zero-order chi connectivity index (χ0) is 17.4.